The number of rotatable bonds is 10. The van der Waals surface area contributed by atoms with Crippen molar-refractivity contribution in [3.63, 3.8) is 0 Å². The number of esters is 2. The minimum Gasteiger partial charge on any atom is -0.469 e. The van der Waals surface area contributed by atoms with E-state index in [9.17, 15) is 18.0 Å². The van der Waals surface area contributed by atoms with Gasteiger partial charge in [-0.2, -0.15) is 0 Å². The average Bonchev–Trinajstić information content (AvgIpc) is 2.73. The SMILES string of the molecule is CCNc1ccc(C(=O)OCC)cc1NS(=O)(=O)C[C@@H](C(=O)OC)c1ccccc1. The molecule has 30 heavy (non-hydrogen) atoms. The van der Waals surface area contributed by atoms with Crippen LogP contribution in [0.3, 0.4) is 0 Å². The van der Waals surface area contributed by atoms with Crippen molar-refractivity contribution >= 4 is 33.3 Å². The Morgan fingerprint density at radius 2 is 1.73 bits per heavy atom. The van der Waals surface area contributed by atoms with Gasteiger partial charge in [0, 0.05) is 6.54 Å². The summed E-state index contributed by atoms with van der Waals surface area (Å²) in [6.45, 7) is 4.29. The number of hydrogen-bond acceptors (Lipinski definition) is 7. The molecule has 0 heterocycles. The third-order valence-corrected chi connectivity index (χ3v) is 5.54. The van der Waals surface area contributed by atoms with Crippen molar-refractivity contribution in [2.75, 3.05) is 36.1 Å². The molecule has 0 aliphatic rings. The Labute approximate surface area is 176 Å². The molecule has 0 saturated heterocycles. The Morgan fingerprint density at radius 3 is 2.33 bits per heavy atom. The highest BCUT2D eigenvalue weighted by molar-refractivity contribution is 7.92. The second-order valence-electron chi connectivity index (χ2n) is 6.38. The van der Waals surface area contributed by atoms with Crippen molar-refractivity contribution in [2.45, 2.75) is 19.8 Å². The van der Waals surface area contributed by atoms with E-state index in [0.29, 0.717) is 17.8 Å². The molecule has 0 aliphatic heterocycles. The maximum absolute atomic E-state index is 12.9. The van der Waals surface area contributed by atoms with Gasteiger partial charge in [-0.25, -0.2) is 13.2 Å². The highest BCUT2D eigenvalue weighted by Crippen LogP contribution is 2.27. The largest absolute Gasteiger partial charge is 0.469 e. The van der Waals surface area contributed by atoms with Gasteiger partial charge in [0.2, 0.25) is 10.0 Å². The van der Waals surface area contributed by atoms with Gasteiger partial charge in [0.15, 0.2) is 0 Å². The van der Waals surface area contributed by atoms with E-state index >= 15 is 0 Å². The molecule has 0 unspecified atom stereocenters. The normalized spacial score (nSPS) is 12.0. The van der Waals surface area contributed by atoms with Crippen LogP contribution in [0.1, 0.15) is 35.7 Å². The molecule has 0 saturated carbocycles. The first-order chi connectivity index (χ1) is 14.3. The number of anilines is 2. The first kappa shape index (κ1) is 23.2. The molecular formula is C21H26N2O6S. The lowest BCUT2D eigenvalue weighted by Crippen LogP contribution is -2.27. The molecule has 162 valence electrons. The van der Waals surface area contributed by atoms with E-state index in [1.54, 1.807) is 49.4 Å². The highest BCUT2D eigenvalue weighted by Gasteiger charge is 2.28. The lowest BCUT2D eigenvalue weighted by Gasteiger charge is -2.18. The predicted octanol–water partition coefficient (Wildman–Crippen LogP) is 2.99. The van der Waals surface area contributed by atoms with Crippen LogP contribution in [-0.2, 0) is 24.3 Å². The fourth-order valence-corrected chi connectivity index (χ4v) is 4.23. The molecule has 2 aromatic rings. The van der Waals surface area contributed by atoms with Crippen LogP contribution in [0.2, 0.25) is 0 Å². The molecule has 2 N–H and O–H groups in total. The Morgan fingerprint density at radius 1 is 1.03 bits per heavy atom. The third kappa shape index (κ3) is 6.21. The predicted molar refractivity (Wildman–Crippen MR) is 115 cm³/mol. The van der Waals surface area contributed by atoms with E-state index in [1.165, 1.54) is 13.2 Å². The van der Waals surface area contributed by atoms with Crippen molar-refractivity contribution in [1.82, 2.24) is 0 Å². The van der Waals surface area contributed by atoms with E-state index in [1.807, 2.05) is 6.92 Å². The molecule has 0 bridgehead atoms. The topological polar surface area (TPSA) is 111 Å². The zero-order chi connectivity index (χ0) is 22.1. The number of carbonyl (C=O) groups excluding carboxylic acids is 2. The summed E-state index contributed by atoms with van der Waals surface area (Å²) in [4.78, 5) is 24.3. The van der Waals surface area contributed by atoms with E-state index in [-0.39, 0.29) is 17.9 Å². The minimum atomic E-state index is -3.98. The summed E-state index contributed by atoms with van der Waals surface area (Å²) in [5.41, 5.74) is 1.44. The second-order valence-corrected chi connectivity index (χ2v) is 8.15. The van der Waals surface area contributed by atoms with Crippen LogP contribution in [-0.4, -0.2) is 46.4 Å². The summed E-state index contributed by atoms with van der Waals surface area (Å²) < 4.78 is 38.1. The molecule has 2 aromatic carbocycles. The molecule has 1 atom stereocenters. The van der Waals surface area contributed by atoms with Gasteiger partial charge in [-0.1, -0.05) is 30.3 Å². The van der Waals surface area contributed by atoms with Gasteiger partial charge in [0.1, 0.15) is 0 Å². The Kier molecular flexibility index (Phi) is 8.23. The second kappa shape index (κ2) is 10.6. The van der Waals surface area contributed by atoms with Gasteiger partial charge in [0.05, 0.1) is 42.3 Å². The molecule has 0 radical (unpaired) electrons. The molecule has 8 nitrogen and oxygen atoms in total. The monoisotopic (exact) mass is 434 g/mol. The summed E-state index contributed by atoms with van der Waals surface area (Å²) in [6.07, 6.45) is 0. The summed E-state index contributed by atoms with van der Waals surface area (Å²) in [6, 6.07) is 13.1. The van der Waals surface area contributed by atoms with Crippen molar-refractivity contribution in [2.24, 2.45) is 0 Å². The van der Waals surface area contributed by atoms with Crippen molar-refractivity contribution in [3.05, 3.63) is 59.7 Å². The van der Waals surface area contributed by atoms with E-state index in [2.05, 4.69) is 10.0 Å². The molecule has 0 aliphatic carbocycles. The minimum absolute atomic E-state index is 0.194. The zero-order valence-electron chi connectivity index (χ0n) is 17.2. The van der Waals surface area contributed by atoms with Crippen LogP contribution in [0.15, 0.2) is 48.5 Å². The van der Waals surface area contributed by atoms with Crippen LogP contribution in [0, 0.1) is 0 Å². The zero-order valence-corrected chi connectivity index (χ0v) is 18.0. The number of sulfonamides is 1. The van der Waals surface area contributed by atoms with Gasteiger partial charge >= 0.3 is 11.9 Å². The lowest BCUT2D eigenvalue weighted by atomic mass is 10.0. The third-order valence-electron chi connectivity index (χ3n) is 4.24. The number of benzene rings is 2. The van der Waals surface area contributed by atoms with Gasteiger partial charge < -0.3 is 14.8 Å². The molecule has 0 spiro atoms. The van der Waals surface area contributed by atoms with E-state index in [0.717, 1.165) is 0 Å². The van der Waals surface area contributed by atoms with E-state index in [4.69, 9.17) is 9.47 Å². The highest BCUT2D eigenvalue weighted by atomic mass is 32.2. The van der Waals surface area contributed by atoms with Crippen LogP contribution >= 0.6 is 0 Å². The first-order valence-electron chi connectivity index (χ1n) is 9.49. The Balaban J connectivity index is 2.34. The van der Waals surface area contributed by atoms with Crippen LogP contribution in [0.25, 0.3) is 0 Å². The number of ether oxygens (including phenoxy) is 2. The molecule has 9 heteroatoms. The van der Waals surface area contributed by atoms with Crippen molar-refractivity contribution < 1.29 is 27.5 Å². The number of nitrogens with one attached hydrogen (secondary N) is 2. The lowest BCUT2D eigenvalue weighted by molar-refractivity contribution is -0.141. The number of carbonyl (C=O) groups is 2. The maximum Gasteiger partial charge on any atom is 0.338 e. The summed E-state index contributed by atoms with van der Waals surface area (Å²) >= 11 is 0. The van der Waals surface area contributed by atoms with Gasteiger partial charge in [-0.3, -0.25) is 9.52 Å². The number of hydrogen-bond donors (Lipinski definition) is 2. The van der Waals surface area contributed by atoms with Crippen LogP contribution in [0.4, 0.5) is 11.4 Å². The summed E-state index contributed by atoms with van der Waals surface area (Å²) in [7, 11) is -2.76. The van der Waals surface area contributed by atoms with Gasteiger partial charge in [-0.15, -0.1) is 0 Å². The molecular weight excluding hydrogens is 408 g/mol. The van der Waals surface area contributed by atoms with Gasteiger partial charge in [-0.05, 0) is 37.6 Å². The summed E-state index contributed by atoms with van der Waals surface area (Å²) in [5, 5.41) is 3.05. The van der Waals surface area contributed by atoms with Crippen LogP contribution in [0.5, 0.6) is 0 Å². The molecule has 2 rings (SSSR count). The molecule has 0 fully saturated rings. The fraction of sp³-hybridized carbons (Fsp3) is 0.333. The first-order valence-corrected chi connectivity index (χ1v) is 11.1. The van der Waals surface area contributed by atoms with Crippen molar-refractivity contribution in [3.8, 4) is 0 Å². The van der Waals surface area contributed by atoms with E-state index < -0.39 is 33.6 Å². The van der Waals surface area contributed by atoms with Crippen LogP contribution < -0.4 is 10.0 Å². The maximum atomic E-state index is 12.9. The molecule has 0 amide bonds. The summed E-state index contributed by atoms with van der Waals surface area (Å²) in [5.74, 6) is -2.72. The Bertz CT molecular complexity index is 976. The fourth-order valence-electron chi connectivity index (χ4n) is 2.87. The molecule has 0 aromatic heterocycles. The number of methoxy groups -OCH3 is 1. The average molecular weight is 435 g/mol. The quantitative estimate of drug-likeness (QED) is 0.553. The smallest absolute Gasteiger partial charge is 0.338 e. The standard InChI is InChI=1S/C21H26N2O6S/c1-4-22-18-12-11-16(20(24)29-5-2)13-19(18)23-30(26,27)14-17(21(25)28-3)15-9-7-6-8-10-15/h6-13,17,22-23H,4-5,14H2,1-3H3/t17-/m1/s1. The Hall–Kier alpha value is -3.07. The van der Waals surface area contributed by atoms with Crippen molar-refractivity contribution in [1.29, 1.82) is 0 Å². The van der Waals surface area contributed by atoms with Gasteiger partial charge in [0.25, 0.3) is 0 Å².